The summed E-state index contributed by atoms with van der Waals surface area (Å²) in [7, 11) is 0. The molecule has 0 aromatic carbocycles. The van der Waals surface area contributed by atoms with Crippen LogP contribution in [0.5, 0.6) is 0 Å². The molecule has 2 unspecified atom stereocenters. The SMILES string of the molecule is O=C(O)CCCC=CC1C=CCC1O. The summed E-state index contributed by atoms with van der Waals surface area (Å²) in [4.78, 5) is 10.2. The standard InChI is InChI=1S/C11H16O3/c12-10-7-4-6-9(10)5-2-1-3-8-11(13)14/h2,4-6,9-10,12H,1,3,7-8H2,(H,13,14). The molecule has 14 heavy (non-hydrogen) atoms. The summed E-state index contributed by atoms with van der Waals surface area (Å²) in [6, 6.07) is 0. The second kappa shape index (κ2) is 5.60. The molecule has 0 aromatic rings. The van der Waals surface area contributed by atoms with Gasteiger partial charge in [0.2, 0.25) is 0 Å². The van der Waals surface area contributed by atoms with Crippen molar-refractivity contribution in [1.29, 1.82) is 0 Å². The van der Waals surface area contributed by atoms with E-state index in [0.29, 0.717) is 6.42 Å². The Morgan fingerprint density at radius 3 is 2.93 bits per heavy atom. The lowest BCUT2D eigenvalue weighted by Gasteiger charge is -2.07. The lowest BCUT2D eigenvalue weighted by atomic mass is 10.1. The number of unbranched alkanes of at least 4 members (excludes halogenated alkanes) is 1. The first-order chi connectivity index (χ1) is 6.70. The van der Waals surface area contributed by atoms with Crippen molar-refractivity contribution in [3.05, 3.63) is 24.3 Å². The molecule has 0 amide bonds. The Kier molecular flexibility index (Phi) is 4.40. The molecule has 78 valence electrons. The van der Waals surface area contributed by atoms with E-state index in [-0.39, 0.29) is 18.4 Å². The minimum Gasteiger partial charge on any atom is -0.481 e. The van der Waals surface area contributed by atoms with Crippen LogP contribution in [-0.4, -0.2) is 22.3 Å². The van der Waals surface area contributed by atoms with Crippen LogP contribution >= 0.6 is 0 Å². The highest BCUT2D eigenvalue weighted by molar-refractivity contribution is 5.66. The number of hydrogen-bond acceptors (Lipinski definition) is 2. The number of carboxylic acid groups (broad SMARTS) is 1. The fourth-order valence-electron chi connectivity index (χ4n) is 1.48. The molecule has 0 bridgehead atoms. The Labute approximate surface area is 83.8 Å². The normalized spacial score (nSPS) is 26.1. The predicted molar refractivity (Wildman–Crippen MR) is 53.9 cm³/mol. The highest BCUT2D eigenvalue weighted by atomic mass is 16.4. The van der Waals surface area contributed by atoms with Gasteiger partial charge in [-0.15, -0.1) is 0 Å². The van der Waals surface area contributed by atoms with E-state index >= 15 is 0 Å². The summed E-state index contributed by atoms with van der Waals surface area (Å²) in [5.41, 5.74) is 0. The van der Waals surface area contributed by atoms with Crippen molar-refractivity contribution in [1.82, 2.24) is 0 Å². The van der Waals surface area contributed by atoms with Crippen molar-refractivity contribution < 1.29 is 15.0 Å². The molecule has 1 rings (SSSR count). The number of aliphatic hydroxyl groups excluding tert-OH is 1. The molecular weight excluding hydrogens is 180 g/mol. The average molecular weight is 196 g/mol. The summed E-state index contributed by atoms with van der Waals surface area (Å²) in [6.07, 6.45) is 9.95. The number of hydrogen-bond donors (Lipinski definition) is 2. The quantitative estimate of drug-likeness (QED) is 0.520. The summed E-state index contributed by atoms with van der Waals surface area (Å²) in [6.45, 7) is 0. The fraction of sp³-hybridized carbons (Fsp3) is 0.545. The van der Waals surface area contributed by atoms with E-state index in [4.69, 9.17) is 5.11 Å². The lowest BCUT2D eigenvalue weighted by Crippen LogP contribution is -2.10. The van der Waals surface area contributed by atoms with Crippen LogP contribution in [0, 0.1) is 5.92 Å². The van der Waals surface area contributed by atoms with E-state index in [2.05, 4.69) is 0 Å². The number of allylic oxidation sites excluding steroid dienone is 1. The summed E-state index contributed by atoms with van der Waals surface area (Å²) in [5, 5.41) is 17.8. The van der Waals surface area contributed by atoms with Gasteiger partial charge >= 0.3 is 5.97 Å². The van der Waals surface area contributed by atoms with E-state index in [1.807, 2.05) is 24.3 Å². The van der Waals surface area contributed by atoms with Crippen LogP contribution in [0.3, 0.4) is 0 Å². The molecule has 0 aromatic heterocycles. The molecule has 1 aliphatic carbocycles. The van der Waals surface area contributed by atoms with Crippen molar-refractivity contribution in [3.8, 4) is 0 Å². The van der Waals surface area contributed by atoms with Crippen molar-refractivity contribution in [3.63, 3.8) is 0 Å². The molecule has 0 heterocycles. The zero-order chi connectivity index (χ0) is 10.4. The highest BCUT2D eigenvalue weighted by Crippen LogP contribution is 2.19. The van der Waals surface area contributed by atoms with Gasteiger partial charge in [0.1, 0.15) is 0 Å². The first kappa shape index (κ1) is 11.0. The molecule has 0 radical (unpaired) electrons. The van der Waals surface area contributed by atoms with Crippen LogP contribution in [0.4, 0.5) is 0 Å². The van der Waals surface area contributed by atoms with Gasteiger partial charge < -0.3 is 10.2 Å². The van der Waals surface area contributed by atoms with Crippen LogP contribution in [0.2, 0.25) is 0 Å². The molecule has 2 N–H and O–H groups in total. The molecule has 0 saturated carbocycles. The third-order valence-corrected chi connectivity index (χ3v) is 2.30. The van der Waals surface area contributed by atoms with Crippen LogP contribution in [-0.2, 0) is 4.79 Å². The zero-order valence-corrected chi connectivity index (χ0v) is 8.10. The van der Waals surface area contributed by atoms with Crippen molar-refractivity contribution in [2.45, 2.75) is 31.8 Å². The Morgan fingerprint density at radius 2 is 2.36 bits per heavy atom. The maximum atomic E-state index is 10.2. The number of aliphatic carboxylic acids is 1. The summed E-state index contributed by atoms with van der Waals surface area (Å²) >= 11 is 0. The first-order valence-electron chi connectivity index (χ1n) is 4.93. The Balaban J connectivity index is 2.14. The fourth-order valence-corrected chi connectivity index (χ4v) is 1.48. The summed E-state index contributed by atoms with van der Waals surface area (Å²) in [5.74, 6) is -0.626. The van der Waals surface area contributed by atoms with Gasteiger partial charge in [0.05, 0.1) is 6.10 Å². The molecule has 1 aliphatic rings. The molecule has 3 heteroatoms. The topological polar surface area (TPSA) is 57.5 Å². The van der Waals surface area contributed by atoms with Crippen LogP contribution in [0.1, 0.15) is 25.7 Å². The second-order valence-corrected chi connectivity index (χ2v) is 3.52. The van der Waals surface area contributed by atoms with Crippen LogP contribution in [0.25, 0.3) is 0 Å². The Morgan fingerprint density at radius 1 is 1.57 bits per heavy atom. The monoisotopic (exact) mass is 196 g/mol. The van der Waals surface area contributed by atoms with Crippen molar-refractivity contribution >= 4 is 5.97 Å². The van der Waals surface area contributed by atoms with Gasteiger partial charge in [0, 0.05) is 12.3 Å². The molecule has 0 aliphatic heterocycles. The van der Waals surface area contributed by atoms with Gasteiger partial charge in [-0.05, 0) is 19.3 Å². The third kappa shape index (κ3) is 3.75. The lowest BCUT2D eigenvalue weighted by molar-refractivity contribution is -0.137. The second-order valence-electron chi connectivity index (χ2n) is 3.52. The molecule has 0 saturated heterocycles. The molecule has 0 spiro atoms. The smallest absolute Gasteiger partial charge is 0.303 e. The van der Waals surface area contributed by atoms with Gasteiger partial charge in [-0.2, -0.15) is 0 Å². The highest BCUT2D eigenvalue weighted by Gasteiger charge is 2.16. The number of rotatable bonds is 5. The number of carbonyl (C=O) groups is 1. The summed E-state index contributed by atoms with van der Waals surface area (Å²) < 4.78 is 0. The zero-order valence-electron chi connectivity index (χ0n) is 8.10. The Bertz CT molecular complexity index is 243. The van der Waals surface area contributed by atoms with Gasteiger partial charge in [0.25, 0.3) is 0 Å². The van der Waals surface area contributed by atoms with Gasteiger partial charge in [-0.3, -0.25) is 4.79 Å². The van der Waals surface area contributed by atoms with E-state index in [1.54, 1.807) is 0 Å². The largest absolute Gasteiger partial charge is 0.481 e. The maximum Gasteiger partial charge on any atom is 0.303 e. The number of aliphatic hydroxyl groups is 1. The molecule has 2 atom stereocenters. The minimum absolute atomic E-state index is 0.125. The molecule has 0 fully saturated rings. The first-order valence-corrected chi connectivity index (χ1v) is 4.93. The number of carboxylic acids is 1. The minimum atomic E-state index is -0.751. The van der Waals surface area contributed by atoms with E-state index in [9.17, 15) is 9.90 Å². The average Bonchev–Trinajstić information content (AvgIpc) is 2.51. The molecule has 3 nitrogen and oxygen atoms in total. The molecular formula is C11H16O3. The predicted octanol–water partition coefficient (Wildman–Crippen LogP) is 1.73. The van der Waals surface area contributed by atoms with E-state index in [0.717, 1.165) is 12.8 Å². The van der Waals surface area contributed by atoms with Gasteiger partial charge in [-0.25, -0.2) is 0 Å². The van der Waals surface area contributed by atoms with Crippen LogP contribution in [0.15, 0.2) is 24.3 Å². The maximum absolute atomic E-state index is 10.2. The van der Waals surface area contributed by atoms with E-state index < -0.39 is 5.97 Å². The third-order valence-electron chi connectivity index (χ3n) is 2.30. The van der Waals surface area contributed by atoms with Crippen molar-refractivity contribution in [2.75, 3.05) is 0 Å². The van der Waals surface area contributed by atoms with Crippen molar-refractivity contribution in [2.24, 2.45) is 5.92 Å². The van der Waals surface area contributed by atoms with E-state index in [1.165, 1.54) is 0 Å². The van der Waals surface area contributed by atoms with Gasteiger partial charge in [-0.1, -0.05) is 24.3 Å². The Hall–Kier alpha value is -1.09. The van der Waals surface area contributed by atoms with Crippen LogP contribution < -0.4 is 0 Å². The van der Waals surface area contributed by atoms with Gasteiger partial charge in [0.15, 0.2) is 0 Å².